The normalized spacial score (nSPS) is 19.2. The number of nitrogens with one attached hydrogen (secondary N) is 1. The molecule has 0 amide bonds. The molecule has 1 atom stereocenters. The molecule has 5 heteroatoms. The summed E-state index contributed by atoms with van der Waals surface area (Å²) in [5, 5.41) is 3.46. The van der Waals surface area contributed by atoms with Crippen LogP contribution in [-0.2, 0) is 6.54 Å². The van der Waals surface area contributed by atoms with Crippen molar-refractivity contribution < 1.29 is 13.2 Å². The SMILES string of the molecule is CCCN(Cc1cc(F)c(F)cc1F)CC1CCCCN1. The first-order chi connectivity index (χ1) is 10.1. The number of rotatable bonds is 6. The third kappa shape index (κ3) is 4.71. The molecule has 1 unspecified atom stereocenters. The van der Waals surface area contributed by atoms with Crippen molar-refractivity contribution in [1.82, 2.24) is 10.2 Å². The highest BCUT2D eigenvalue weighted by atomic mass is 19.2. The van der Waals surface area contributed by atoms with E-state index in [1.54, 1.807) is 0 Å². The van der Waals surface area contributed by atoms with Gasteiger partial charge in [-0.25, -0.2) is 13.2 Å². The maximum Gasteiger partial charge on any atom is 0.161 e. The van der Waals surface area contributed by atoms with Crippen LogP contribution in [0.5, 0.6) is 0 Å². The molecule has 0 bridgehead atoms. The number of hydrogen-bond donors (Lipinski definition) is 1. The highest BCUT2D eigenvalue weighted by Crippen LogP contribution is 2.17. The van der Waals surface area contributed by atoms with Gasteiger partial charge < -0.3 is 5.32 Å². The molecule has 0 saturated carbocycles. The second kappa shape index (κ2) is 7.80. The quantitative estimate of drug-likeness (QED) is 0.809. The number of halogens is 3. The van der Waals surface area contributed by atoms with Crippen LogP contribution in [0, 0.1) is 17.5 Å². The summed E-state index contributed by atoms with van der Waals surface area (Å²) in [7, 11) is 0. The molecule has 1 N–H and O–H groups in total. The van der Waals surface area contributed by atoms with Crippen LogP contribution >= 0.6 is 0 Å². The minimum atomic E-state index is -1.13. The fraction of sp³-hybridized carbons (Fsp3) is 0.625. The molecular formula is C16H23F3N2. The predicted octanol–water partition coefficient (Wildman–Crippen LogP) is 3.46. The summed E-state index contributed by atoms with van der Waals surface area (Å²) >= 11 is 0. The van der Waals surface area contributed by atoms with Gasteiger partial charge in [0.05, 0.1) is 0 Å². The molecule has 118 valence electrons. The summed E-state index contributed by atoms with van der Waals surface area (Å²) in [6.45, 7) is 5.02. The monoisotopic (exact) mass is 300 g/mol. The Labute approximate surface area is 124 Å². The van der Waals surface area contributed by atoms with E-state index < -0.39 is 17.5 Å². The summed E-state index contributed by atoms with van der Waals surface area (Å²) in [5.41, 5.74) is 0.221. The Morgan fingerprint density at radius 3 is 2.57 bits per heavy atom. The van der Waals surface area contributed by atoms with Crippen LogP contribution < -0.4 is 5.32 Å². The maximum absolute atomic E-state index is 13.8. The number of piperidine rings is 1. The standard InChI is InChI=1S/C16H23F3N2/c1-2-7-21(11-13-5-3-4-6-20-13)10-12-8-15(18)16(19)9-14(12)17/h8-9,13,20H,2-7,10-11H2,1H3. The summed E-state index contributed by atoms with van der Waals surface area (Å²) < 4.78 is 40.0. The van der Waals surface area contributed by atoms with E-state index in [-0.39, 0.29) is 5.56 Å². The molecule has 1 aliphatic rings. The van der Waals surface area contributed by atoms with Gasteiger partial charge in [-0.3, -0.25) is 4.90 Å². The molecule has 2 rings (SSSR count). The van der Waals surface area contributed by atoms with E-state index in [2.05, 4.69) is 17.1 Å². The Morgan fingerprint density at radius 1 is 1.14 bits per heavy atom. The zero-order chi connectivity index (χ0) is 15.2. The van der Waals surface area contributed by atoms with E-state index in [0.29, 0.717) is 18.7 Å². The van der Waals surface area contributed by atoms with Crippen LogP contribution in [0.4, 0.5) is 13.2 Å². The highest BCUT2D eigenvalue weighted by Gasteiger charge is 2.18. The van der Waals surface area contributed by atoms with Gasteiger partial charge in [0.15, 0.2) is 11.6 Å². The lowest BCUT2D eigenvalue weighted by molar-refractivity contribution is 0.214. The lowest BCUT2D eigenvalue weighted by atomic mass is 10.0. The third-order valence-electron chi connectivity index (χ3n) is 3.91. The minimum Gasteiger partial charge on any atom is -0.313 e. The lowest BCUT2D eigenvalue weighted by Crippen LogP contribution is -2.43. The molecule has 1 saturated heterocycles. The number of hydrogen-bond acceptors (Lipinski definition) is 2. The first-order valence-electron chi connectivity index (χ1n) is 7.69. The summed E-state index contributed by atoms with van der Waals surface area (Å²) in [6, 6.07) is 2.01. The molecule has 0 aliphatic carbocycles. The van der Waals surface area contributed by atoms with Gasteiger partial charge in [-0.2, -0.15) is 0 Å². The molecule has 0 spiro atoms. The van der Waals surface area contributed by atoms with Gasteiger partial charge in [0, 0.05) is 30.8 Å². The summed E-state index contributed by atoms with van der Waals surface area (Å²) in [4.78, 5) is 2.11. The van der Waals surface area contributed by atoms with Gasteiger partial charge >= 0.3 is 0 Å². The van der Waals surface area contributed by atoms with Crippen LogP contribution in [0.3, 0.4) is 0 Å². The van der Waals surface area contributed by atoms with Crippen LogP contribution in [-0.4, -0.2) is 30.6 Å². The highest BCUT2D eigenvalue weighted by molar-refractivity contribution is 5.20. The van der Waals surface area contributed by atoms with Crippen molar-refractivity contribution in [1.29, 1.82) is 0 Å². The summed E-state index contributed by atoms with van der Waals surface area (Å²) in [6.07, 6.45) is 4.46. The van der Waals surface area contributed by atoms with Crippen molar-refractivity contribution >= 4 is 0 Å². The second-order valence-electron chi connectivity index (χ2n) is 5.74. The Hall–Kier alpha value is -1.07. The van der Waals surface area contributed by atoms with Gasteiger partial charge in [-0.1, -0.05) is 13.3 Å². The molecule has 1 fully saturated rings. The largest absolute Gasteiger partial charge is 0.313 e. The van der Waals surface area contributed by atoms with Crippen molar-refractivity contribution in [2.75, 3.05) is 19.6 Å². The zero-order valence-corrected chi connectivity index (χ0v) is 12.5. The molecule has 21 heavy (non-hydrogen) atoms. The van der Waals surface area contributed by atoms with Gasteiger partial charge in [0.1, 0.15) is 5.82 Å². The van der Waals surface area contributed by atoms with E-state index in [0.717, 1.165) is 38.5 Å². The topological polar surface area (TPSA) is 15.3 Å². The molecule has 1 aliphatic heterocycles. The predicted molar refractivity (Wildman–Crippen MR) is 77.5 cm³/mol. The van der Waals surface area contributed by atoms with Crippen molar-refractivity contribution in [2.45, 2.75) is 45.2 Å². The van der Waals surface area contributed by atoms with E-state index in [9.17, 15) is 13.2 Å². The smallest absolute Gasteiger partial charge is 0.161 e. The molecule has 0 aromatic heterocycles. The molecular weight excluding hydrogens is 277 g/mol. The van der Waals surface area contributed by atoms with E-state index in [1.807, 2.05) is 0 Å². The Morgan fingerprint density at radius 2 is 1.90 bits per heavy atom. The van der Waals surface area contributed by atoms with Crippen LogP contribution in [0.1, 0.15) is 38.2 Å². The average molecular weight is 300 g/mol. The fourth-order valence-electron chi connectivity index (χ4n) is 2.87. The van der Waals surface area contributed by atoms with E-state index >= 15 is 0 Å². The van der Waals surface area contributed by atoms with Gasteiger partial charge in [-0.15, -0.1) is 0 Å². The zero-order valence-electron chi connectivity index (χ0n) is 12.5. The maximum atomic E-state index is 13.8. The van der Waals surface area contributed by atoms with Crippen molar-refractivity contribution in [3.05, 3.63) is 35.1 Å². The van der Waals surface area contributed by atoms with Gasteiger partial charge in [0.25, 0.3) is 0 Å². The van der Waals surface area contributed by atoms with Gasteiger partial charge in [-0.05, 0) is 38.4 Å². The average Bonchev–Trinajstić information content (AvgIpc) is 2.46. The van der Waals surface area contributed by atoms with E-state index in [1.165, 1.54) is 12.8 Å². The van der Waals surface area contributed by atoms with E-state index in [4.69, 9.17) is 0 Å². The summed E-state index contributed by atoms with van der Waals surface area (Å²) in [5.74, 6) is -2.79. The third-order valence-corrected chi connectivity index (χ3v) is 3.91. The van der Waals surface area contributed by atoms with Crippen LogP contribution in [0.2, 0.25) is 0 Å². The first-order valence-corrected chi connectivity index (χ1v) is 7.69. The minimum absolute atomic E-state index is 0.221. The van der Waals surface area contributed by atoms with Crippen molar-refractivity contribution in [3.8, 4) is 0 Å². The molecule has 1 heterocycles. The first kappa shape index (κ1) is 16.3. The lowest BCUT2D eigenvalue weighted by Gasteiger charge is -2.30. The van der Waals surface area contributed by atoms with Crippen LogP contribution in [0.25, 0.3) is 0 Å². The molecule has 1 aromatic carbocycles. The second-order valence-corrected chi connectivity index (χ2v) is 5.74. The van der Waals surface area contributed by atoms with Crippen molar-refractivity contribution in [3.63, 3.8) is 0 Å². The Balaban J connectivity index is 2.03. The molecule has 2 nitrogen and oxygen atoms in total. The number of benzene rings is 1. The van der Waals surface area contributed by atoms with Crippen molar-refractivity contribution in [2.24, 2.45) is 0 Å². The Kier molecular flexibility index (Phi) is 6.06. The molecule has 0 radical (unpaired) electrons. The van der Waals surface area contributed by atoms with Crippen LogP contribution in [0.15, 0.2) is 12.1 Å². The fourth-order valence-corrected chi connectivity index (χ4v) is 2.87. The van der Waals surface area contributed by atoms with Gasteiger partial charge in [0.2, 0.25) is 0 Å². The molecule has 1 aromatic rings. The Bertz CT molecular complexity index is 459. The number of nitrogens with zero attached hydrogens (tertiary/aromatic N) is 1.